The monoisotopic (exact) mass is 1010 g/mol. The zero-order valence-corrected chi connectivity index (χ0v) is 37.6. The first-order chi connectivity index (χ1) is 31.2. The number of H-pyrrole nitrogens is 1. The average Bonchev–Trinajstić information content (AvgIpc) is 3.52. The number of unbranched alkanes of at least 4 members (excludes halogenated alkanes) is 1. The highest BCUT2D eigenvalue weighted by Crippen LogP contribution is 2.62. The van der Waals surface area contributed by atoms with Crippen LogP contribution in [0.5, 0.6) is 0 Å². The Morgan fingerprint density at radius 1 is 0.851 bits per heavy atom. The molecule has 380 valence electrons. The fraction of sp³-hybridized carbons (Fsp3) is 0.706. The molecule has 3 unspecified atom stereocenters. The highest BCUT2D eigenvalue weighted by molar-refractivity contribution is 7.61. The van der Waals surface area contributed by atoms with Crippen LogP contribution in [-0.2, 0) is 65.5 Å². The number of nitrogens with zero attached hydrogens (tertiary/aromatic N) is 1. The number of aliphatic hydroxyl groups excluding tert-OH is 4. The van der Waals surface area contributed by atoms with Gasteiger partial charge in [0.1, 0.15) is 66.9 Å². The standard InChI is InChI=1S/C34H55N7O24P2/c1-14(28(50)38-17(7-8-22(46)47)30(52)39-18(32(53)54)6-4-5-10-35)36-29(51)15(2)60-27-23(37-16(3)44)33(62-19(12-42)24(27)48)64-67(58,59)65-66(56,57)63-26-20(13-43)61-31(25(26)49)41-11-9-21(45)40-34(41)55/h9,11,14-15,17-20,23-27,31,33,42-43,48-49H,4-8,10,12-13,35H2,1-3H3,(H,36,51)(H,37,44)(H,38,50)(H,39,52)(H,46,47)(H,53,54)(H,56,57)(H,58,59)(H,40,45,55)/t14-,15?,17+,18-,19+,20+,23+,24+,25+,26+,27+,31+,33+/m0/s1. The Balaban J connectivity index is 1.76. The number of nitrogens with one attached hydrogen (secondary N) is 5. The molecule has 15 atom stereocenters. The molecule has 4 amide bonds. The predicted molar refractivity (Wildman–Crippen MR) is 218 cm³/mol. The van der Waals surface area contributed by atoms with E-state index < -0.39 is 168 Å². The van der Waals surface area contributed by atoms with E-state index in [-0.39, 0.29) is 13.0 Å². The molecule has 67 heavy (non-hydrogen) atoms. The van der Waals surface area contributed by atoms with Gasteiger partial charge in [0.15, 0.2) is 12.5 Å². The lowest BCUT2D eigenvalue weighted by Gasteiger charge is -2.44. The lowest BCUT2D eigenvalue weighted by molar-refractivity contribution is -0.261. The third-order valence-electron chi connectivity index (χ3n) is 9.86. The normalized spacial score (nSPS) is 27.5. The number of ether oxygens (including phenoxy) is 3. The summed E-state index contributed by atoms with van der Waals surface area (Å²) in [7, 11) is -11.9. The lowest BCUT2D eigenvalue weighted by Crippen LogP contribution is -2.66. The number of hydrogen-bond donors (Lipinski definition) is 14. The number of phosphoric ester groups is 2. The summed E-state index contributed by atoms with van der Waals surface area (Å²) in [6, 6.07) is -5.61. The molecule has 33 heteroatoms. The van der Waals surface area contributed by atoms with Crippen molar-refractivity contribution in [2.75, 3.05) is 19.8 Å². The predicted octanol–water partition coefficient (Wildman–Crippen LogP) is -5.68. The summed E-state index contributed by atoms with van der Waals surface area (Å²) >= 11 is 0. The second-order valence-electron chi connectivity index (χ2n) is 15.0. The third-order valence-corrected chi connectivity index (χ3v) is 12.5. The van der Waals surface area contributed by atoms with Crippen molar-refractivity contribution >= 4 is 51.2 Å². The molecule has 0 saturated carbocycles. The number of rotatable bonds is 26. The summed E-state index contributed by atoms with van der Waals surface area (Å²) in [6.45, 7) is 1.23. The molecule has 1 aromatic rings. The number of carboxylic acid groups (broad SMARTS) is 2. The molecule has 15 N–H and O–H groups in total. The maximum atomic E-state index is 13.3. The van der Waals surface area contributed by atoms with Gasteiger partial charge in [0.25, 0.3) is 5.56 Å². The van der Waals surface area contributed by atoms with Gasteiger partial charge in [0.2, 0.25) is 23.6 Å². The van der Waals surface area contributed by atoms with Crippen LogP contribution >= 0.6 is 15.6 Å². The van der Waals surface area contributed by atoms with E-state index in [0.29, 0.717) is 17.4 Å². The van der Waals surface area contributed by atoms with Crippen molar-refractivity contribution in [1.29, 1.82) is 0 Å². The first-order valence-corrected chi connectivity index (χ1v) is 23.2. The Morgan fingerprint density at radius 3 is 2.04 bits per heavy atom. The van der Waals surface area contributed by atoms with Gasteiger partial charge in [-0.1, -0.05) is 0 Å². The summed E-state index contributed by atoms with van der Waals surface area (Å²) in [6.07, 6.45) is -16.9. The van der Waals surface area contributed by atoms with Crippen LogP contribution in [0.3, 0.4) is 0 Å². The van der Waals surface area contributed by atoms with Crippen LogP contribution in [0, 0.1) is 0 Å². The number of hydrogen-bond acceptors (Lipinski definition) is 21. The fourth-order valence-corrected chi connectivity index (χ4v) is 8.93. The smallest absolute Gasteiger partial charge is 0.481 e. The number of aromatic nitrogens is 2. The molecule has 2 aliphatic heterocycles. The molecule has 3 heterocycles. The summed E-state index contributed by atoms with van der Waals surface area (Å²) in [4.78, 5) is 122. The number of amides is 4. The van der Waals surface area contributed by atoms with Crippen LogP contribution in [0.25, 0.3) is 0 Å². The van der Waals surface area contributed by atoms with Crippen molar-refractivity contribution in [1.82, 2.24) is 30.8 Å². The molecule has 3 rings (SSSR count). The van der Waals surface area contributed by atoms with E-state index in [1.807, 2.05) is 4.98 Å². The van der Waals surface area contributed by atoms with E-state index in [0.717, 1.165) is 33.0 Å². The van der Waals surface area contributed by atoms with E-state index in [9.17, 15) is 87.9 Å². The zero-order valence-electron chi connectivity index (χ0n) is 35.8. The average molecular weight is 1010 g/mol. The van der Waals surface area contributed by atoms with Gasteiger partial charge in [-0.25, -0.2) is 18.7 Å². The van der Waals surface area contributed by atoms with E-state index in [1.54, 1.807) is 0 Å². The number of carbonyl (C=O) groups excluding carboxylic acids is 4. The number of carbonyl (C=O) groups is 6. The molecule has 1 aromatic heterocycles. The van der Waals surface area contributed by atoms with E-state index in [4.69, 9.17) is 29.0 Å². The number of aliphatic hydroxyl groups is 4. The second-order valence-corrected chi connectivity index (χ2v) is 18.0. The van der Waals surface area contributed by atoms with Gasteiger partial charge in [-0.2, -0.15) is 4.31 Å². The number of aliphatic carboxylic acids is 2. The van der Waals surface area contributed by atoms with E-state index in [2.05, 4.69) is 25.6 Å². The second kappa shape index (κ2) is 25.2. The Labute approximate surface area is 378 Å². The van der Waals surface area contributed by atoms with Gasteiger partial charge in [0.05, 0.1) is 13.2 Å². The third kappa shape index (κ3) is 16.6. The summed E-state index contributed by atoms with van der Waals surface area (Å²) in [5.41, 5.74) is 3.49. The maximum absolute atomic E-state index is 13.3. The summed E-state index contributed by atoms with van der Waals surface area (Å²) in [5.74, 6) is -6.95. The molecule has 31 nitrogen and oxygen atoms in total. The molecule has 0 bridgehead atoms. The van der Waals surface area contributed by atoms with Crippen molar-refractivity contribution in [2.45, 2.75) is 132 Å². The molecule has 2 saturated heterocycles. The Morgan fingerprint density at radius 2 is 1.48 bits per heavy atom. The van der Waals surface area contributed by atoms with Gasteiger partial charge < -0.3 is 81.6 Å². The van der Waals surface area contributed by atoms with Gasteiger partial charge in [0, 0.05) is 25.6 Å². The maximum Gasteiger partial charge on any atom is 0.483 e. The van der Waals surface area contributed by atoms with Crippen LogP contribution in [0.4, 0.5) is 0 Å². The van der Waals surface area contributed by atoms with E-state index >= 15 is 0 Å². The van der Waals surface area contributed by atoms with Crippen molar-refractivity contribution in [3.63, 3.8) is 0 Å². The lowest BCUT2D eigenvalue weighted by atomic mass is 9.96. The minimum atomic E-state index is -6.00. The molecule has 0 spiro atoms. The SMILES string of the molecule is CC(=O)N[C@H]1[C@@H](OP(=O)(O)OP(=O)(O)O[C@H]2[C@@H](O)[C@H](n3ccc(=O)[nH]c3=O)O[C@@H]2CO)O[C@H](CO)[C@@H](O)[C@@H]1OC(C)C(=O)N[C@@H](C)C(=O)N[C@H](CCC(=O)O)C(=O)N[C@@H](CCCCN)C(=O)O. The van der Waals surface area contributed by atoms with Crippen LogP contribution in [0.15, 0.2) is 21.9 Å². The van der Waals surface area contributed by atoms with Crippen LogP contribution in [0.2, 0.25) is 0 Å². The summed E-state index contributed by atoms with van der Waals surface area (Å²) in [5, 5.41) is 69.3. The van der Waals surface area contributed by atoms with Gasteiger partial charge in [-0.3, -0.25) is 47.4 Å². The molecule has 0 aromatic carbocycles. The molecular weight excluding hydrogens is 952 g/mol. The van der Waals surface area contributed by atoms with Crippen molar-refractivity contribution in [2.24, 2.45) is 5.73 Å². The molecule has 0 aliphatic carbocycles. The first kappa shape index (κ1) is 56.8. The number of carboxylic acids is 2. The minimum absolute atomic E-state index is 0.0328. The Kier molecular flexibility index (Phi) is 21.3. The fourth-order valence-electron chi connectivity index (χ4n) is 6.57. The van der Waals surface area contributed by atoms with Crippen molar-refractivity contribution < 1.29 is 106 Å². The number of nitrogens with two attached hydrogens (primary N) is 1. The van der Waals surface area contributed by atoms with Crippen LogP contribution < -0.4 is 38.2 Å². The highest BCUT2D eigenvalue weighted by Gasteiger charge is 2.53. The molecule has 2 fully saturated rings. The zero-order chi connectivity index (χ0) is 50.6. The van der Waals surface area contributed by atoms with Gasteiger partial charge in [-0.05, 0) is 46.1 Å². The topological polar surface area (TPSA) is 483 Å². The molecule has 0 radical (unpaired) electrons. The van der Waals surface area contributed by atoms with Gasteiger partial charge in [-0.15, -0.1) is 0 Å². The first-order valence-electron chi connectivity index (χ1n) is 20.2. The van der Waals surface area contributed by atoms with Crippen LogP contribution in [-0.4, -0.2) is 178 Å². The van der Waals surface area contributed by atoms with E-state index in [1.165, 1.54) is 0 Å². The van der Waals surface area contributed by atoms with Gasteiger partial charge >= 0.3 is 33.3 Å². The molecule has 2 aliphatic rings. The van der Waals surface area contributed by atoms with Crippen molar-refractivity contribution in [3.8, 4) is 0 Å². The Hall–Kier alpha value is -4.56. The highest BCUT2D eigenvalue weighted by atomic mass is 31.3. The largest absolute Gasteiger partial charge is 0.483 e. The quantitative estimate of drug-likeness (QED) is 0.0304. The number of aromatic amines is 1. The minimum Gasteiger partial charge on any atom is -0.481 e. The molecular formula is C34H55N7O24P2. The van der Waals surface area contributed by atoms with Crippen LogP contribution in [0.1, 0.15) is 59.1 Å². The Bertz CT molecular complexity index is 2130. The van der Waals surface area contributed by atoms with Crippen molar-refractivity contribution in [3.05, 3.63) is 33.1 Å². The summed E-state index contributed by atoms with van der Waals surface area (Å²) < 4.78 is 57.5. The number of phosphoric acid groups is 2.